The molecule has 1 aliphatic carbocycles. The highest BCUT2D eigenvalue weighted by Gasteiger charge is 2.25. The van der Waals surface area contributed by atoms with Crippen molar-refractivity contribution in [2.45, 2.75) is 12.8 Å². The highest BCUT2D eigenvalue weighted by Crippen LogP contribution is 2.45. The van der Waals surface area contributed by atoms with Gasteiger partial charge in [0.2, 0.25) is 0 Å². The summed E-state index contributed by atoms with van der Waals surface area (Å²) < 4.78 is 5.07. The fourth-order valence-electron chi connectivity index (χ4n) is 6.68. The van der Waals surface area contributed by atoms with Crippen LogP contribution in [0.1, 0.15) is 17.7 Å². The molecule has 0 bridgehead atoms. The molecule has 0 amide bonds. The highest BCUT2D eigenvalue weighted by molar-refractivity contribution is 7.26. The molecule has 3 nitrogen and oxygen atoms in total. The minimum atomic E-state index is 0.735. The number of benzene rings is 5. The number of rotatable bonds is 4. The second-order valence-electron chi connectivity index (χ2n) is 11.3. The molecule has 208 valence electrons. The molecule has 8 aromatic rings. The van der Waals surface area contributed by atoms with Crippen LogP contribution in [-0.4, -0.2) is 14.5 Å². The summed E-state index contributed by atoms with van der Waals surface area (Å²) in [5.41, 5.74) is 10.4. The SMILES string of the molecule is C1=Cc2c(n(-c3cnc(-c4ccccc4)nc3-c3ccccc3)c3c2ccc2c4cc(-c5ccccc5)ccc4sc23)CC1. The summed E-state index contributed by atoms with van der Waals surface area (Å²) in [7, 11) is 0. The Balaban J connectivity index is 1.36. The molecule has 0 spiro atoms. The van der Waals surface area contributed by atoms with Crippen LogP contribution in [0.5, 0.6) is 0 Å². The van der Waals surface area contributed by atoms with Crippen LogP contribution in [0, 0.1) is 0 Å². The van der Waals surface area contributed by atoms with E-state index in [2.05, 4.69) is 120 Å². The summed E-state index contributed by atoms with van der Waals surface area (Å²) in [6, 6.07) is 43.0. The van der Waals surface area contributed by atoms with E-state index in [1.165, 1.54) is 53.5 Å². The highest BCUT2D eigenvalue weighted by atomic mass is 32.1. The summed E-state index contributed by atoms with van der Waals surface area (Å²) in [5, 5.41) is 3.87. The van der Waals surface area contributed by atoms with Crippen molar-refractivity contribution < 1.29 is 0 Å². The predicted molar refractivity (Wildman–Crippen MR) is 185 cm³/mol. The monoisotopic (exact) mass is 581 g/mol. The van der Waals surface area contributed by atoms with Crippen molar-refractivity contribution in [3.05, 3.63) is 145 Å². The molecule has 0 N–H and O–H groups in total. The number of hydrogen-bond donors (Lipinski definition) is 0. The van der Waals surface area contributed by atoms with E-state index in [-0.39, 0.29) is 0 Å². The van der Waals surface area contributed by atoms with Gasteiger partial charge in [0.1, 0.15) is 0 Å². The lowest BCUT2D eigenvalue weighted by Crippen LogP contribution is -2.07. The van der Waals surface area contributed by atoms with Crippen LogP contribution in [0.4, 0.5) is 0 Å². The van der Waals surface area contributed by atoms with E-state index in [9.17, 15) is 0 Å². The summed E-state index contributed by atoms with van der Waals surface area (Å²) in [4.78, 5) is 10.2. The lowest BCUT2D eigenvalue weighted by atomic mass is 10.0. The van der Waals surface area contributed by atoms with E-state index in [1.54, 1.807) is 0 Å². The minimum absolute atomic E-state index is 0.735. The fourth-order valence-corrected chi connectivity index (χ4v) is 7.90. The van der Waals surface area contributed by atoms with Gasteiger partial charge in [-0.25, -0.2) is 9.97 Å². The zero-order chi connectivity index (χ0) is 29.0. The summed E-state index contributed by atoms with van der Waals surface area (Å²) in [5.74, 6) is 0.735. The normalized spacial score (nSPS) is 12.7. The van der Waals surface area contributed by atoms with Crippen molar-refractivity contribution in [1.82, 2.24) is 14.5 Å². The maximum absolute atomic E-state index is 5.25. The molecule has 44 heavy (non-hydrogen) atoms. The number of nitrogens with zero attached hydrogens (tertiary/aromatic N) is 3. The molecule has 0 fully saturated rings. The zero-order valence-corrected chi connectivity index (χ0v) is 24.8. The second kappa shape index (κ2) is 10.1. The lowest BCUT2D eigenvalue weighted by Gasteiger charge is -2.17. The third-order valence-electron chi connectivity index (χ3n) is 8.74. The summed E-state index contributed by atoms with van der Waals surface area (Å²) in [6.07, 6.45) is 8.64. The second-order valence-corrected chi connectivity index (χ2v) is 12.4. The van der Waals surface area contributed by atoms with Crippen molar-refractivity contribution >= 4 is 48.5 Å². The molecule has 3 aromatic heterocycles. The average Bonchev–Trinajstić information content (AvgIpc) is 3.65. The number of allylic oxidation sites excluding steroid dienone is 1. The van der Waals surface area contributed by atoms with E-state index >= 15 is 0 Å². The molecule has 0 saturated carbocycles. The molecule has 0 aliphatic heterocycles. The Morgan fingerprint density at radius 2 is 1.34 bits per heavy atom. The van der Waals surface area contributed by atoms with E-state index < -0.39 is 0 Å². The molecule has 1 aliphatic rings. The first kappa shape index (κ1) is 25.2. The molecule has 3 heterocycles. The molecule has 4 heteroatoms. The number of thiophene rings is 1. The summed E-state index contributed by atoms with van der Waals surface area (Å²) >= 11 is 1.88. The van der Waals surface area contributed by atoms with Gasteiger partial charge in [0, 0.05) is 43.2 Å². The number of hydrogen-bond acceptors (Lipinski definition) is 3. The van der Waals surface area contributed by atoms with E-state index in [1.807, 2.05) is 35.7 Å². The van der Waals surface area contributed by atoms with Crippen molar-refractivity contribution in [1.29, 1.82) is 0 Å². The molecule has 9 rings (SSSR count). The minimum Gasteiger partial charge on any atom is -0.308 e. The van der Waals surface area contributed by atoms with Gasteiger partial charge in [-0.05, 0) is 36.1 Å². The van der Waals surface area contributed by atoms with Crippen LogP contribution >= 0.6 is 11.3 Å². The molecular weight excluding hydrogens is 555 g/mol. The third kappa shape index (κ3) is 3.95. The van der Waals surface area contributed by atoms with Gasteiger partial charge in [-0.2, -0.15) is 0 Å². The Bertz CT molecular complexity index is 2370. The Kier molecular flexibility index (Phi) is 5.81. The molecule has 0 saturated heterocycles. The van der Waals surface area contributed by atoms with Crippen molar-refractivity contribution in [2.24, 2.45) is 0 Å². The largest absolute Gasteiger partial charge is 0.308 e. The van der Waals surface area contributed by atoms with Crippen LogP contribution in [-0.2, 0) is 6.42 Å². The first-order chi connectivity index (χ1) is 21.8. The van der Waals surface area contributed by atoms with Crippen LogP contribution in [0.25, 0.3) is 76.6 Å². The van der Waals surface area contributed by atoms with Gasteiger partial charge in [-0.1, -0.05) is 121 Å². The standard InChI is InChI=1S/C40H27N3S/c1-4-12-26(13-5-1)29-20-23-36-33(24-29)32-22-21-31-30-18-10-11-19-34(30)43(38(31)39(32)44-36)35-25-41-40(28-16-8-3-9-17-28)42-37(35)27-14-6-2-7-15-27/h1-10,12-18,20-25H,11,19H2. The van der Waals surface area contributed by atoms with Crippen molar-refractivity contribution in [2.75, 3.05) is 0 Å². The average molecular weight is 582 g/mol. The zero-order valence-electron chi connectivity index (χ0n) is 23.9. The van der Waals surface area contributed by atoms with E-state index in [0.29, 0.717) is 0 Å². The Labute approximate surface area is 259 Å². The Morgan fingerprint density at radius 1 is 0.636 bits per heavy atom. The quantitative estimate of drug-likeness (QED) is 0.207. The summed E-state index contributed by atoms with van der Waals surface area (Å²) in [6.45, 7) is 0. The molecular formula is C40H27N3S. The topological polar surface area (TPSA) is 30.7 Å². The molecule has 5 aromatic carbocycles. The lowest BCUT2D eigenvalue weighted by molar-refractivity contribution is 0.883. The maximum Gasteiger partial charge on any atom is 0.159 e. The van der Waals surface area contributed by atoms with Crippen LogP contribution < -0.4 is 0 Å². The maximum atomic E-state index is 5.25. The van der Waals surface area contributed by atoms with Gasteiger partial charge in [-0.15, -0.1) is 11.3 Å². The van der Waals surface area contributed by atoms with Crippen LogP contribution in [0.15, 0.2) is 134 Å². The Hall–Kier alpha value is -5.32. The van der Waals surface area contributed by atoms with Crippen molar-refractivity contribution in [3.8, 4) is 39.5 Å². The predicted octanol–water partition coefficient (Wildman–Crippen LogP) is 10.7. The van der Waals surface area contributed by atoms with Gasteiger partial charge in [0.25, 0.3) is 0 Å². The smallest absolute Gasteiger partial charge is 0.159 e. The van der Waals surface area contributed by atoms with Crippen LogP contribution in [0.2, 0.25) is 0 Å². The van der Waals surface area contributed by atoms with Gasteiger partial charge in [-0.3, -0.25) is 0 Å². The molecule has 0 atom stereocenters. The fraction of sp³-hybridized carbons (Fsp3) is 0.0500. The number of aromatic nitrogens is 3. The van der Waals surface area contributed by atoms with Gasteiger partial charge in [0.15, 0.2) is 5.82 Å². The van der Waals surface area contributed by atoms with Gasteiger partial charge in [0.05, 0.1) is 27.8 Å². The third-order valence-corrected chi connectivity index (χ3v) is 9.93. The first-order valence-electron chi connectivity index (χ1n) is 15.1. The van der Waals surface area contributed by atoms with Gasteiger partial charge < -0.3 is 4.57 Å². The van der Waals surface area contributed by atoms with Gasteiger partial charge >= 0.3 is 0 Å². The molecule has 0 radical (unpaired) electrons. The molecule has 0 unspecified atom stereocenters. The van der Waals surface area contributed by atoms with E-state index in [0.717, 1.165) is 41.2 Å². The van der Waals surface area contributed by atoms with Crippen LogP contribution in [0.3, 0.4) is 0 Å². The number of fused-ring (bicyclic) bond motifs is 7. The van der Waals surface area contributed by atoms with Crippen molar-refractivity contribution in [3.63, 3.8) is 0 Å². The first-order valence-corrected chi connectivity index (χ1v) is 15.9. The van der Waals surface area contributed by atoms with E-state index in [4.69, 9.17) is 9.97 Å². The Morgan fingerprint density at radius 3 is 2.11 bits per heavy atom.